The molecule has 29 heavy (non-hydrogen) atoms. The van der Waals surface area contributed by atoms with Crippen molar-refractivity contribution in [3.8, 4) is 5.75 Å². The predicted molar refractivity (Wildman–Crippen MR) is 110 cm³/mol. The van der Waals surface area contributed by atoms with Gasteiger partial charge in [0.1, 0.15) is 23.6 Å². The summed E-state index contributed by atoms with van der Waals surface area (Å²) in [6, 6.07) is 14.8. The number of carbonyl (C=O) groups is 1. The van der Waals surface area contributed by atoms with Crippen LogP contribution in [0.25, 0.3) is 11.0 Å². The summed E-state index contributed by atoms with van der Waals surface area (Å²) in [6.45, 7) is 5.23. The van der Waals surface area contributed by atoms with E-state index in [1.54, 1.807) is 12.1 Å². The fraction of sp³-hybridized carbons (Fsp3) is 0.261. The molecule has 0 N–H and O–H groups in total. The van der Waals surface area contributed by atoms with Crippen molar-refractivity contribution in [1.82, 2.24) is 15.0 Å². The van der Waals surface area contributed by atoms with E-state index < -0.39 is 0 Å². The number of rotatable bonds is 8. The summed E-state index contributed by atoms with van der Waals surface area (Å²) < 4.78 is 13.6. The zero-order chi connectivity index (χ0) is 20.2. The highest BCUT2D eigenvalue weighted by molar-refractivity contribution is 6.10. The van der Waals surface area contributed by atoms with Crippen molar-refractivity contribution < 1.29 is 13.9 Å². The maximum atomic E-state index is 12.8. The van der Waals surface area contributed by atoms with Gasteiger partial charge in [0, 0.05) is 29.1 Å². The molecule has 2 heterocycles. The summed E-state index contributed by atoms with van der Waals surface area (Å²) in [7, 11) is 0. The monoisotopic (exact) mass is 389 g/mol. The molecule has 4 aromatic rings. The molecule has 2 aromatic carbocycles. The number of ether oxygens (including phenoxy) is 1. The molecule has 6 nitrogen and oxygen atoms in total. The average Bonchev–Trinajstić information content (AvgIpc) is 3.35. The number of aryl methyl sites for hydroxylation is 2. The Morgan fingerprint density at radius 3 is 2.79 bits per heavy atom. The topological polar surface area (TPSA) is 70.2 Å². The number of carbonyl (C=O) groups excluding carboxylic acids is 1. The Bertz CT molecular complexity index is 1130. The predicted octanol–water partition coefficient (Wildman–Crippen LogP) is 4.94. The van der Waals surface area contributed by atoms with Gasteiger partial charge in [0.15, 0.2) is 5.76 Å². The molecule has 4 rings (SSSR count). The maximum Gasteiger partial charge on any atom is 0.228 e. The molecule has 6 heteroatoms. The first kappa shape index (κ1) is 18.9. The van der Waals surface area contributed by atoms with E-state index in [-0.39, 0.29) is 5.78 Å². The minimum atomic E-state index is -0.120. The Balaban J connectivity index is 1.51. The Kier molecular flexibility index (Phi) is 5.42. The number of unbranched alkanes of at least 4 members (excludes halogenated alkanes) is 1. The lowest BCUT2D eigenvalue weighted by Gasteiger charge is -2.03. The molecular formula is C23H23N3O3. The number of hydrogen-bond acceptors (Lipinski definition) is 5. The first-order valence-electron chi connectivity index (χ1n) is 9.80. The van der Waals surface area contributed by atoms with E-state index in [0.29, 0.717) is 29.3 Å². The quantitative estimate of drug-likeness (QED) is 0.399. The standard InChI is InChI=1S/C23H23N3O3/c1-3-4-12-26-14-18(24-25-26)15-28-19-10-11-20-16(2)23(29-21(20)13-19)22(27)17-8-6-5-7-9-17/h5-11,13-14H,3-4,12,15H2,1-2H3. The molecule has 0 amide bonds. The third-order valence-corrected chi connectivity index (χ3v) is 4.87. The second-order valence-corrected chi connectivity index (χ2v) is 7.02. The number of hydrogen-bond donors (Lipinski definition) is 0. The van der Waals surface area contributed by atoms with Gasteiger partial charge in [-0.25, -0.2) is 0 Å². The fourth-order valence-corrected chi connectivity index (χ4v) is 3.22. The second-order valence-electron chi connectivity index (χ2n) is 7.02. The molecule has 2 aromatic heterocycles. The van der Waals surface area contributed by atoms with Crippen LogP contribution in [-0.4, -0.2) is 20.8 Å². The molecule has 0 saturated heterocycles. The van der Waals surface area contributed by atoms with E-state index in [4.69, 9.17) is 9.15 Å². The number of ketones is 1. The molecule has 0 aliphatic carbocycles. The van der Waals surface area contributed by atoms with Gasteiger partial charge in [-0.05, 0) is 25.5 Å². The van der Waals surface area contributed by atoms with Crippen molar-refractivity contribution in [2.75, 3.05) is 0 Å². The van der Waals surface area contributed by atoms with Crippen molar-refractivity contribution in [3.63, 3.8) is 0 Å². The maximum absolute atomic E-state index is 12.8. The lowest BCUT2D eigenvalue weighted by atomic mass is 10.0. The minimum absolute atomic E-state index is 0.120. The second kappa shape index (κ2) is 8.31. The van der Waals surface area contributed by atoms with Gasteiger partial charge in [0.2, 0.25) is 5.78 Å². The zero-order valence-corrected chi connectivity index (χ0v) is 16.6. The molecule has 0 radical (unpaired) electrons. The van der Waals surface area contributed by atoms with E-state index in [0.717, 1.165) is 36.0 Å². The van der Waals surface area contributed by atoms with Gasteiger partial charge in [-0.2, -0.15) is 0 Å². The van der Waals surface area contributed by atoms with E-state index in [2.05, 4.69) is 17.2 Å². The number of fused-ring (bicyclic) bond motifs is 1. The van der Waals surface area contributed by atoms with Crippen LogP contribution in [0.5, 0.6) is 5.75 Å². The highest BCUT2D eigenvalue weighted by atomic mass is 16.5. The van der Waals surface area contributed by atoms with Crippen molar-refractivity contribution in [3.05, 3.63) is 77.3 Å². The molecule has 0 aliphatic heterocycles. The molecule has 0 atom stereocenters. The summed E-state index contributed by atoms with van der Waals surface area (Å²) in [5, 5.41) is 9.16. The van der Waals surface area contributed by atoms with Gasteiger partial charge in [0.05, 0.1) is 6.20 Å². The van der Waals surface area contributed by atoms with Crippen LogP contribution in [0.2, 0.25) is 0 Å². The average molecular weight is 389 g/mol. The first-order chi connectivity index (χ1) is 14.2. The molecule has 0 unspecified atom stereocenters. The number of nitrogens with zero attached hydrogens (tertiary/aromatic N) is 3. The lowest BCUT2D eigenvalue weighted by molar-refractivity contribution is 0.101. The summed E-state index contributed by atoms with van der Waals surface area (Å²) in [4.78, 5) is 12.8. The van der Waals surface area contributed by atoms with Crippen LogP contribution in [0.1, 0.15) is 47.1 Å². The Morgan fingerprint density at radius 1 is 1.17 bits per heavy atom. The zero-order valence-electron chi connectivity index (χ0n) is 16.6. The third-order valence-electron chi connectivity index (χ3n) is 4.87. The minimum Gasteiger partial charge on any atom is -0.487 e. The largest absolute Gasteiger partial charge is 0.487 e. The number of benzene rings is 2. The Morgan fingerprint density at radius 2 is 2.00 bits per heavy atom. The van der Waals surface area contributed by atoms with Crippen molar-refractivity contribution in [1.29, 1.82) is 0 Å². The van der Waals surface area contributed by atoms with Gasteiger partial charge in [-0.15, -0.1) is 5.10 Å². The van der Waals surface area contributed by atoms with Crippen LogP contribution in [0.3, 0.4) is 0 Å². The highest BCUT2D eigenvalue weighted by Gasteiger charge is 2.19. The normalized spacial score (nSPS) is 11.1. The summed E-state index contributed by atoms with van der Waals surface area (Å²) in [6.07, 6.45) is 4.09. The first-order valence-corrected chi connectivity index (χ1v) is 9.80. The van der Waals surface area contributed by atoms with Gasteiger partial charge in [-0.1, -0.05) is 48.9 Å². The SMILES string of the molecule is CCCCn1cc(COc2ccc3c(C)c(C(=O)c4ccccc4)oc3c2)nn1. The molecule has 0 spiro atoms. The van der Waals surface area contributed by atoms with Gasteiger partial charge < -0.3 is 9.15 Å². The summed E-state index contributed by atoms with van der Waals surface area (Å²) in [5.74, 6) is 0.903. The number of furan rings is 1. The van der Waals surface area contributed by atoms with E-state index in [9.17, 15) is 4.79 Å². The lowest BCUT2D eigenvalue weighted by Crippen LogP contribution is -2.00. The van der Waals surface area contributed by atoms with Crippen LogP contribution < -0.4 is 4.74 Å². The number of aromatic nitrogens is 3. The van der Waals surface area contributed by atoms with E-state index >= 15 is 0 Å². The van der Waals surface area contributed by atoms with Crippen LogP contribution in [0.4, 0.5) is 0 Å². The van der Waals surface area contributed by atoms with Gasteiger partial charge >= 0.3 is 0 Å². The van der Waals surface area contributed by atoms with E-state index in [1.165, 1.54) is 0 Å². The fourth-order valence-electron chi connectivity index (χ4n) is 3.22. The molecule has 0 bridgehead atoms. The van der Waals surface area contributed by atoms with Crippen LogP contribution in [0.15, 0.2) is 59.1 Å². The summed E-state index contributed by atoms with van der Waals surface area (Å²) >= 11 is 0. The molecule has 0 fully saturated rings. The molecule has 148 valence electrons. The highest BCUT2D eigenvalue weighted by Crippen LogP contribution is 2.30. The van der Waals surface area contributed by atoms with Crippen molar-refractivity contribution >= 4 is 16.8 Å². The molecular weight excluding hydrogens is 366 g/mol. The Labute approximate surface area is 169 Å². The van der Waals surface area contributed by atoms with Crippen LogP contribution in [0, 0.1) is 6.92 Å². The third kappa shape index (κ3) is 4.06. The van der Waals surface area contributed by atoms with Crippen LogP contribution >= 0.6 is 0 Å². The molecule has 0 aliphatic rings. The van der Waals surface area contributed by atoms with Gasteiger partial charge in [-0.3, -0.25) is 9.48 Å². The Hall–Kier alpha value is -3.41. The smallest absolute Gasteiger partial charge is 0.228 e. The van der Waals surface area contributed by atoms with E-state index in [1.807, 2.05) is 54.2 Å². The van der Waals surface area contributed by atoms with Crippen molar-refractivity contribution in [2.45, 2.75) is 39.8 Å². The van der Waals surface area contributed by atoms with Crippen LogP contribution in [-0.2, 0) is 13.2 Å². The van der Waals surface area contributed by atoms with Crippen molar-refractivity contribution in [2.24, 2.45) is 0 Å². The van der Waals surface area contributed by atoms with Gasteiger partial charge in [0.25, 0.3) is 0 Å². The molecule has 0 saturated carbocycles. The summed E-state index contributed by atoms with van der Waals surface area (Å²) in [5.41, 5.74) is 2.85.